The van der Waals surface area contributed by atoms with E-state index >= 15 is 0 Å². The van der Waals surface area contributed by atoms with Crippen LogP contribution in [-0.2, 0) is 0 Å². The Kier molecular flexibility index (Phi) is 4.41. The number of aromatic nitrogens is 4. The smallest absolute Gasteiger partial charge is 0.321 e. The topological polar surface area (TPSA) is 64.3 Å². The first-order valence-corrected chi connectivity index (χ1v) is 7.83. The van der Waals surface area contributed by atoms with E-state index in [-0.39, 0.29) is 0 Å². The number of nitrogens with zero attached hydrogens (tertiary/aromatic N) is 4. The van der Waals surface area contributed by atoms with Gasteiger partial charge in [-0.3, -0.25) is 0 Å². The maximum absolute atomic E-state index is 5.25. The third-order valence-corrected chi connectivity index (χ3v) is 3.71. The summed E-state index contributed by atoms with van der Waals surface area (Å²) in [7, 11) is 1.57. The summed E-state index contributed by atoms with van der Waals surface area (Å²) in [6.07, 6.45) is 4.01. The van der Waals surface area contributed by atoms with Gasteiger partial charge in [0.05, 0.1) is 13.3 Å². The number of ether oxygens (including phenoxy) is 1. The monoisotopic (exact) mass is 311 g/mol. The van der Waals surface area contributed by atoms with Crippen LogP contribution in [0.5, 0.6) is 6.01 Å². The van der Waals surface area contributed by atoms with Gasteiger partial charge < -0.3 is 10.1 Å². The van der Waals surface area contributed by atoms with Crippen molar-refractivity contribution >= 4 is 11.6 Å². The molecule has 0 amide bonds. The van der Waals surface area contributed by atoms with Crippen LogP contribution in [0.15, 0.2) is 30.5 Å². The quantitative estimate of drug-likeness (QED) is 0.707. The summed E-state index contributed by atoms with van der Waals surface area (Å²) in [4.78, 5) is 8.84. The van der Waals surface area contributed by atoms with Crippen molar-refractivity contribution in [1.82, 2.24) is 19.6 Å². The van der Waals surface area contributed by atoms with E-state index in [4.69, 9.17) is 4.74 Å². The Morgan fingerprint density at radius 3 is 2.65 bits per heavy atom. The van der Waals surface area contributed by atoms with E-state index in [1.54, 1.807) is 11.6 Å². The third kappa shape index (κ3) is 3.11. The van der Waals surface area contributed by atoms with Crippen LogP contribution in [-0.4, -0.2) is 33.2 Å². The van der Waals surface area contributed by atoms with Crippen LogP contribution in [0.3, 0.4) is 0 Å². The number of rotatable bonds is 6. The average molecular weight is 311 g/mol. The van der Waals surface area contributed by atoms with Gasteiger partial charge in [0.1, 0.15) is 0 Å². The molecular formula is C17H21N5O. The molecule has 0 unspecified atom stereocenters. The van der Waals surface area contributed by atoms with Crippen molar-refractivity contribution in [3.8, 4) is 17.1 Å². The SMILES string of the molecule is CCCCNc1nc(OC)nc2c(-c3ccc(C)cc3)cnn12. The molecule has 0 atom stereocenters. The average Bonchev–Trinajstić information content (AvgIpc) is 2.99. The third-order valence-electron chi connectivity index (χ3n) is 3.71. The maximum atomic E-state index is 5.25. The van der Waals surface area contributed by atoms with E-state index in [0.29, 0.717) is 12.0 Å². The lowest BCUT2D eigenvalue weighted by molar-refractivity contribution is 0.380. The fourth-order valence-electron chi connectivity index (χ4n) is 2.38. The van der Waals surface area contributed by atoms with Gasteiger partial charge in [-0.2, -0.15) is 19.6 Å². The van der Waals surface area contributed by atoms with Crippen molar-refractivity contribution in [3.05, 3.63) is 36.0 Å². The number of anilines is 1. The summed E-state index contributed by atoms with van der Waals surface area (Å²) in [5, 5.41) is 7.75. The minimum absolute atomic E-state index is 0.338. The maximum Gasteiger partial charge on any atom is 0.321 e. The number of nitrogens with one attached hydrogen (secondary N) is 1. The highest BCUT2D eigenvalue weighted by atomic mass is 16.5. The summed E-state index contributed by atoms with van der Waals surface area (Å²) >= 11 is 0. The van der Waals surface area contributed by atoms with Gasteiger partial charge in [0.25, 0.3) is 0 Å². The summed E-state index contributed by atoms with van der Waals surface area (Å²) in [5.41, 5.74) is 3.99. The van der Waals surface area contributed by atoms with Crippen LogP contribution in [0.1, 0.15) is 25.3 Å². The van der Waals surface area contributed by atoms with Crippen LogP contribution in [0.4, 0.5) is 5.95 Å². The van der Waals surface area contributed by atoms with Crippen molar-refractivity contribution in [2.24, 2.45) is 0 Å². The predicted molar refractivity (Wildman–Crippen MR) is 90.9 cm³/mol. The predicted octanol–water partition coefficient (Wildman–Crippen LogP) is 3.32. The minimum Gasteiger partial charge on any atom is -0.467 e. The summed E-state index contributed by atoms with van der Waals surface area (Å²) in [6.45, 7) is 5.06. The van der Waals surface area contributed by atoms with E-state index in [1.165, 1.54) is 5.56 Å². The first-order chi connectivity index (χ1) is 11.2. The zero-order chi connectivity index (χ0) is 16.2. The minimum atomic E-state index is 0.338. The van der Waals surface area contributed by atoms with Gasteiger partial charge in [-0.25, -0.2) is 0 Å². The first kappa shape index (κ1) is 15.3. The molecule has 0 aliphatic heterocycles. The van der Waals surface area contributed by atoms with Crippen molar-refractivity contribution in [2.45, 2.75) is 26.7 Å². The van der Waals surface area contributed by atoms with Crippen LogP contribution in [0, 0.1) is 6.92 Å². The standard InChI is InChI=1S/C17H21N5O/c1-4-5-10-18-16-21-17(23-3)20-15-14(11-19-22(15)16)13-8-6-12(2)7-9-13/h6-9,11H,4-5,10H2,1-3H3,(H,18,20,21). The molecular weight excluding hydrogens is 290 g/mol. The second-order valence-electron chi connectivity index (χ2n) is 5.47. The van der Waals surface area contributed by atoms with Crippen molar-refractivity contribution in [2.75, 3.05) is 19.0 Å². The Hall–Kier alpha value is -2.63. The highest BCUT2D eigenvalue weighted by Crippen LogP contribution is 2.26. The Morgan fingerprint density at radius 2 is 1.96 bits per heavy atom. The van der Waals surface area contributed by atoms with Gasteiger partial charge in [-0.05, 0) is 18.9 Å². The molecule has 6 nitrogen and oxygen atoms in total. The highest BCUT2D eigenvalue weighted by molar-refractivity contribution is 5.78. The number of hydrogen-bond donors (Lipinski definition) is 1. The van der Waals surface area contributed by atoms with E-state index in [2.05, 4.69) is 58.5 Å². The van der Waals surface area contributed by atoms with Crippen molar-refractivity contribution < 1.29 is 4.74 Å². The van der Waals surface area contributed by atoms with Crippen LogP contribution in [0.25, 0.3) is 16.8 Å². The Balaban J connectivity index is 2.07. The van der Waals surface area contributed by atoms with E-state index in [1.807, 2.05) is 6.20 Å². The van der Waals surface area contributed by atoms with Crippen molar-refractivity contribution in [1.29, 1.82) is 0 Å². The highest BCUT2D eigenvalue weighted by Gasteiger charge is 2.14. The normalized spacial score (nSPS) is 10.9. The van der Waals surface area contributed by atoms with Gasteiger partial charge in [-0.1, -0.05) is 43.2 Å². The number of fused-ring (bicyclic) bond motifs is 1. The Morgan fingerprint density at radius 1 is 1.17 bits per heavy atom. The molecule has 0 aliphatic rings. The second-order valence-corrected chi connectivity index (χ2v) is 5.47. The molecule has 1 N–H and O–H groups in total. The molecule has 120 valence electrons. The zero-order valence-electron chi connectivity index (χ0n) is 13.7. The fraction of sp³-hybridized carbons (Fsp3) is 0.353. The first-order valence-electron chi connectivity index (χ1n) is 7.83. The van der Waals surface area contributed by atoms with E-state index < -0.39 is 0 Å². The lowest BCUT2D eigenvalue weighted by atomic mass is 10.1. The number of hydrogen-bond acceptors (Lipinski definition) is 5. The second kappa shape index (κ2) is 6.64. The van der Waals surface area contributed by atoms with E-state index in [9.17, 15) is 0 Å². The molecule has 0 spiro atoms. The van der Waals surface area contributed by atoms with Gasteiger partial charge in [0.2, 0.25) is 5.95 Å². The number of aryl methyl sites for hydroxylation is 1. The molecule has 6 heteroatoms. The summed E-state index contributed by atoms with van der Waals surface area (Å²) < 4.78 is 6.97. The number of benzene rings is 1. The largest absolute Gasteiger partial charge is 0.467 e. The molecule has 1 aromatic carbocycles. The van der Waals surface area contributed by atoms with Crippen LogP contribution in [0.2, 0.25) is 0 Å². The Bertz CT molecular complexity index is 795. The molecule has 0 fully saturated rings. The number of unbranched alkanes of at least 4 members (excludes halogenated alkanes) is 1. The van der Waals surface area contributed by atoms with Gasteiger partial charge in [-0.15, -0.1) is 0 Å². The van der Waals surface area contributed by atoms with Gasteiger partial charge >= 0.3 is 6.01 Å². The summed E-state index contributed by atoms with van der Waals surface area (Å²) in [5.74, 6) is 0.652. The molecule has 0 aliphatic carbocycles. The molecule has 0 saturated heterocycles. The Labute approximate surface area is 135 Å². The van der Waals surface area contributed by atoms with Crippen LogP contribution < -0.4 is 10.1 Å². The zero-order valence-corrected chi connectivity index (χ0v) is 13.7. The van der Waals surface area contributed by atoms with E-state index in [0.717, 1.165) is 36.2 Å². The molecule has 2 aromatic heterocycles. The fourth-order valence-corrected chi connectivity index (χ4v) is 2.38. The molecule has 2 heterocycles. The van der Waals surface area contributed by atoms with Gasteiger partial charge in [0, 0.05) is 12.1 Å². The lowest BCUT2D eigenvalue weighted by Gasteiger charge is -2.08. The van der Waals surface area contributed by atoms with Crippen LogP contribution >= 0.6 is 0 Å². The lowest BCUT2D eigenvalue weighted by Crippen LogP contribution is -2.10. The molecule has 0 radical (unpaired) electrons. The molecule has 0 saturated carbocycles. The molecule has 3 rings (SSSR count). The summed E-state index contributed by atoms with van der Waals surface area (Å²) in [6, 6.07) is 8.65. The number of methoxy groups -OCH3 is 1. The molecule has 0 bridgehead atoms. The van der Waals surface area contributed by atoms with Crippen molar-refractivity contribution in [3.63, 3.8) is 0 Å². The molecule has 23 heavy (non-hydrogen) atoms. The molecule has 3 aromatic rings. The van der Waals surface area contributed by atoms with Gasteiger partial charge in [0.15, 0.2) is 5.65 Å².